The largest absolute Gasteiger partial charge is 0.489 e. The fourth-order valence-corrected chi connectivity index (χ4v) is 1.00. The van der Waals surface area contributed by atoms with Gasteiger partial charge in [-0.2, -0.15) is 5.26 Å². The lowest BCUT2D eigenvalue weighted by Crippen LogP contribution is -1.98. The van der Waals surface area contributed by atoms with Crippen molar-refractivity contribution in [3.63, 3.8) is 0 Å². The summed E-state index contributed by atoms with van der Waals surface area (Å²) in [4.78, 5) is 0. The van der Waals surface area contributed by atoms with Crippen molar-refractivity contribution in [3.8, 4) is 11.8 Å². The zero-order valence-electron chi connectivity index (χ0n) is 6.88. The van der Waals surface area contributed by atoms with Gasteiger partial charge in [-0.1, -0.05) is 0 Å². The summed E-state index contributed by atoms with van der Waals surface area (Å²) in [5.74, 6) is -0.0916. The second-order valence-corrected chi connectivity index (χ2v) is 2.99. The van der Waals surface area contributed by atoms with E-state index < -0.39 is 5.82 Å². The molecule has 0 spiro atoms. The molecule has 0 amide bonds. The Hall–Kier alpha value is -1.56. The van der Waals surface area contributed by atoms with Crippen LogP contribution in [0, 0.1) is 23.2 Å². The van der Waals surface area contributed by atoms with Crippen molar-refractivity contribution >= 4 is 0 Å². The van der Waals surface area contributed by atoms with E-state index in [1.807, 2.05) is 6.07 Å². The van der Waals surface area contributed by atoms with Gasteiger partial charge in [0.1, 0.15) is 17.6 Å². The van der Waals surface area contributed by atoms with Gasteiger partial charge in [-0.05, 0) is 25.0 Å². The molecule has 0 heterocycles. The SMILES string of the molecule is N#Cc1cc(F)[c]cc1OC1CC1. The van der Waals surface area contributed by atoms with Crippen molar-refractivity contribution in [2.75, 3.05) is 0 Å². The second-order valence-electron chi connectivity index (χ2n) is 2.99. The molecule has 1 aliphatic carbocycles. The minimum absolute atomic E-state index is 0.214. The predicted octanol–water partition coefficient (Wildman–Crippen LogP) is 2.04. The Balaban J connectivity index is 2.27. The van der Waals surface area contributed by atoms with Crippen LogP contribution in [-0.2, 0) is 0 Å². The highest BCUT2D eigenvalue weighted by Crippen LogP contribution is 2.28. The molecule has 0 aliphatic heterocycles. The lowest BCUT2D eigenvalue weighted by molar-refractivity contribution is 0.301. The maximum atomic E-state index is 12.6. The van der Waals surface area contributed by atoms with Crippen LogP contribution >= 0.6 is 0 Å². The average Bonchev–Trinajstić information content (AvgIpc) is 2.92. The first-order valence-corrected chi connectivity index (χ1v) is 4.07. The number of nitriles is 1. The molecule has 0 aromatic heterocycles. The van der Waals surface area contributed by atoms with E-state index in [0.29, 0.717) is 5.75 Å². The summed E-state index contributed by atoms with van der Waals surface area (Å²) in [6.07, 6.45) is 2.25. The number of rotatable bonds is 2. The summed E-state index contributed by atoms with van der Waals surface area (Å²) in [5, 5.41) is 8.67. The van der Waals surface area contributed by atoms with Crippen molar-refractivity contribution in [1.29, 1.82) is 5.26 Å². The number of benzene rings is 1. The first-order valence-electron chi connectivity index (χ1n) is 4.07. The minimum atomic E-state index is -0.528. The predicted molar refractivity (Wildman–Crippen MR) is 43.6 cm³/mol. The van der Waals surface area contributed by atoms with Crippen LogP contribution in [0.4, 0.5) is 4.39 Å². The maximum Gasteiger partial charge on any atom is 0.138 e. The second kappa shape index (κ2) is 3.06. The maximum absolute atomic E-state index is 12.6. The number of nitrogens with zero attached hydrogens (tertiary/aromatic N) is 1. The van der Waals surface area contributed by atoms with Gasteiger partial charge in [0, 0.05) is 6.07 Å². The Morgan fingerprint density at radius 3 is 3.00 bits per heavy atom. The molecule has 1 saturated carbocycles. The van der Waals surface area contributed by atoms with Crippen molar-refractivity contribution in [2.45, 2.75) is 18.9 Å². The molecule has 1 aromatic rings. The van der Waals surface area contributed by atoms with E-state index >= 15 is 0 Å². The Kier molecular flexibility index (Phi) is 1.90. The quantitative estimate of drug-likeness (QED) is 0.690. The van der Waals surface area contributed by atoms with Crippen LogP contribution in [0.25, 0.3) is 0 Å². The number of hydrogen-bond donors (Lipinski definition) is 0. The summed E-state index contributed by atoms with van der Waals surface area (Å²) in [6, 6.07) is 6.77. The standard InChI is InChI=1S/C10H7FNO/c11-8-1-4-10(7(5-8)6-12)13-9-2-3-9/h4-5,9H,2-3H2. The monoisotopic (exact) mass is 176 g/mol. The van der Waals surface area contributed by atoms with Gasteiger partial charge >= 0.3 is 0 Å². The molecule has 0 saturated heterocycles. The third-order valence-electron chi connectivity index (χ3n) is 1.82. The van der Waals surface area contributed by atoms with E-state index in [-0.39, 0.29) is 11.7 Å². The topological polar surface area (TPSA) is 33.0 Å². The molecular weight excluding hydrogens is 169 g/mol. The zero-order valence-corrected chi connectivity index (χ0v) is 6.88. The van der Waals surface area contributed by atoms with Crippen molar-refractivity contribution in [1.82, 2.24) is 0 Å². The first-order chi connectivity index (χ1) is 6.29. The Labute approximate surface area is 75.6 Å². The molecule has 1 aromatic carbocycles. The first kappa shape index (κ1) is 8.06. The molecule has 13 heavy (non-hydrogen) atoms. The van der Waals surface area contributed by atoms with Crippen LogP contribution in [0.2, 0.25) is 0 Å². The fourth-order valence-electron chi connectivity index (χ4n) is 1.00. The van der Waals surface area contributed by atoms with Crippen LogP contribution in [0.1, 0.15) is 18.4 Å². The van der Waals surface area contributed by atoms with E-state index in [9.17, 15) is 4.39 Å². The molecule has 1 radical (unpaired) electrons. The summed E-state index contributed by atoms with van der Waals surface area (Å²) in [6.45, 7) is 0. The van der Waals surface area contributed by atoms with Crippen LogP contribution in [-0.4, -0.2) is 6.10 Å². The lowest BCUT2D eigenvalue weighted by atomic mass is 10.2. The number of ether oxygens (including phenoxy) is 1. The van der Waals surface area contributed by atoms with Gasteiger partial charge in [-0.3, -0.25) is 0 Å². The smallest absolute Gasteiger partial charge is 0.138 e. The molecule has 0 bridgehead atoms. The normalized spacial score (nSPS) is 15.1. The third-order valence-corrected chi connectivity index (χ3v) is 1.82. The van der Waals surface area contributed by atoms with Crippen molar-refractivity contribution in [2.24, 2.45) is 0 Å². The highest BCUT2D eigenvalue weighted by molar-refractivity contribution is 5.42. The number of halogens is 1. The Bertz CT molecular complexity index is 366. The molecule has 0 unspecified atom stereocenters. The Morgan fingerprint density at radius 1 is 1.62 bits per heavy atom. The van der Waals surface area contributed by atoms with Gasteiger partial charge in [-0.15, -0.1) is 0 Å². The van der Waals surface area contributed by atoms with E-state index in [1.165, 1.54) is 6.07 Å². The molecule has 1 aliphatic rings. The van der Waals surface area contributed by atoms with Gasteiger partial charge < -0.3 is 4.74 Å². The van der Waals surface area contributed by atoms with Crippen LogP contribution in [0.5, 0.6) is 5.75 Å². The van der Waals surface area contributed by atoms with Gasteiger partial charge in [-0.25, -0.2) is 4.39 Å². The molecule has 1 fully saturated rings. The van der Waals surface area contributed by atoms with E-state index in [0.717, 1.165) is 18.9 Å². The minimum Gasteiger partial charge on any atom is -0.489 e. The van der Waals surface area contributed by atoms with Crippen LogP contribution in [0.3, 0.4) is 0 Å². The number of hydrogen-bond acceptors (Lipinski definition) is 2. The highest BCUT2D eigenvalue weighted by atomic mass is 19.1. The highest BCUT2D eigenvalue weighted by Gasteiger charge is 2.24. The summed E-state index contributed by atoms with van der Waals surface area (Å²) in [5.41, 5.74) is 0.239. The molecular formula is C10H7FNO. The van der Waals surface area contributed by atoms with E-state index in [2.05, 4.69) is 6.07 Å². The third kappa shape index (κ3) is 1.78. The van der Waals surface area contributed by atoms with E-state index in [1.54, 1.807) is 0 Å². The van der Waals surface area contributed by atoms with Crippen molar-refractivity contribution in [3.05, 3.63) is 29.6 Å². The zero-order chi connectivity index (χ0) is 9.26. The average molecular weight is 176 g/mol. The molecule has 0 atom stereocenters. The summed E-state index contributed by atoms with van der Waals surface area (Å²) in [7, 11) is 0. The molecule has 2 rings (SSSR count). The van der Waals surface area contributed by atoms with Crippen molar-refractivity contribution < 1.29 is 9.13 Å². The molecule has 2 nitrogen and oxygen atoms in total. The molecule has 3 heteroatoms. The van der Waals surface area contributed by atoms with Crippen LogP contribution < -0.4 is 4.74 Å². The van der Waals surface area contributed by atoms with Gasteiger partial charge in [0.15, 0.2) is 0 Å². The fraction of sp³-hybridized carbons (Fsp3) is 0.300. The lowest BCUT2D eigenvalue weighted by Gasteiger charge is -2.04. The molecule has 65 valence electrons. The van der Waals surface area contributed by atoms with Gasteiger partial charge in [0.05, 0.1) is 11.7 Å². The Morgan fingerprint density at radius 2 is 2.38 bits per heavy atom. The van der Waals surface area contributed by atoms with Gasteiger partial charge in [0.25, 0.3) is 0 Å². The van der Waals surface area contributed by atoms with Gasteiger partial charge in [0.2, 0.25) is 0 Å². The summed E-state index contributed by atoms with van der Waals surface area (Å²) < 4.78 is 18.0. The van der Waals surface area contributed by atoms with E-state index in [4.69, 9.17) is 10.00 Å². The van der Waals surface area contributed by atoms with Crippen LogP contribution in [0.15, 0.2) is 12.1 Å². The summed E-state index contributed by atoms with van der Waals surface area (Å²) >= 11 is 0. The molecule has 0 N–H and O–H groups in total.